The first kappa shape index (κ1) is 13.9. The van der Waals surface area contributed by atoms with Crippen molar-refractivity contribution in [3.63, 3.8) is 0 Å². The molecular weight excluding hydrogens is 314 g/mol. The van der Waals surface area contributed by atoms with E-state index in [1.807, 2.05) is 29.2 Å². The lowest BCUT2D eigenvalue weighted by Crippen LogP contribution is -2.38. The fourth-order valence-corrected chi connectivity index (χ4v) is 3.16. The molecule has 0 spiro atoms. The van der Waals surface area contributed by atoms with Gasteiger partial charge in [-0.05, 0) is 37.1 Å². The third-order valence-electron chi connectivity index (χ3n) is 3.08. The summed E-state index contributed by atoms with van der Waals surface area (Å²) in [6.45, 7) is 0.861. The van der Waals surface area contributed by atoms with Crippen LogP contribution in [0.5, 0.6) is 0 Å². The summed E-state index contributed by atoms with van der Waals surface area (Å²) in [5.41, 5.74) is 0. The van der Waals surface area contributed by atoms with E-state index in [1.165, 1.54) is 0 Å². The van der Waals surface area contributed by atoms with Gasteiger partial charge in [-0.15, -0.1) is 11.8 Å². The van der Waals surface area contributed by atoms with E-state index in [0.29, 0.717) is 5.75 Å². The lowest BCUT2D eigenvalue weighted by Gasteiger charge is -2.22. The van der Waals surface area contributed by atoms with Crippen LogP contribution in [0.4, 0.5) is 0 Å². The van der Waals surface area contributed by atoms with Crippen LogP contribution in [0.1, 0.15) is 12.8 Å². The summed E-state index contributed by atoms with van der Waals surface area (Å²) >= 11 is 4.93. The first-order valence-corrected chi connectivity index (χ1v) is 7.77. The second kappa shape index (κ2) is 6.59. The second-order valence-electron chi connectivity index (χ2n) is 4.31. The zero-order valence-electron chi connectivity index (χ0n) is 10.0. The summed E-state index contributed by atoms with van der Waals surface area (Å²) in [7, 11) is 0. The fourth-order valence-electron chi connectivity index (χ4n) is 2.11. The number of halogens is 1. The summed E-state index contributed by atoms with van der Waals surface area (Å²) in [6.07, 6.45) is 1.92. The fraction of sp³-hybridized carbons (Fsp3) is 0.462. The molecule has 0 aromatic heterocycles. The highest BCUT2D eigenvalue weighted by molar-refractivity contribution is 9.10. The van der Waals surface area contributed by atoms with E-state index in [2.05, 4.69) is 15.9 Å². The Kier molecular flexibility index (Phi) is 5.09. The molecule has 98 valence electrons. The zero-order chi connectivity index (χ0) is 13.0. The minimum atomic E-state index is 0.0306. The van der Waals surface area contributed by atoms with Gasteiger partial charge in [0.1, 0.15) is 0 Å². The van der Waals surface area contributed by atoms with Crippen LogP contribution in [-0.2, 0) is 4.79 Å². The standard InChI is InChI=1S/C13H16BrNO2S/c14-10-3-5-12(6-4-10)18-9-13(17)15-7-1-2-11(15)8-16/h3-6,11,16H,1-2,7-9H2. The molecule has 0 bridgehead atoms. The number of hydrogen-bond acceptors (Lipinski definition) is 3. The number of aliphatic hydroxyl groups is 1. The highest BCUT2D eigenvalue weighted by Crippen LogP contribution is 2.23. The molecule has 1 aromatic rings. The molecule has 18 heavy (non-hydrogen) atoms. The lowest BCUT2D eigenvalue weighted by atomic mass is 10.2. The van der Waals surface area contributed by atoms with E-state index >= 15 is 0 Å². The monoisotopic (exact) mass is 329 g/mol. The number of rotatable bonds is 4. The molecule has 2 rings (SSSR count). The van der Waals surface area contributed by atoms with Gasteiger partial charge in [-0.25, -0.2) is 0 Å². The van der Waals surface area contributed by atoms with Crippen molar-refractivity contribution in [3.05, 3.63) is 28.7 Å². The Hall–Kier alpha value is -0.520. The molecule has 1 aliphatic heterocycles. The van der Waals surface area contributed by atoms with Crippen LogP contribution in [0, 0.1) is 0 Å². The van der Waals surface area contributed by atoms with Gasteiger partial charge in [-0.1, -0.05) is 15.9 Å². The van der Waals surface area contributed by atoms with Crippen molar-refractivity contribution in [1.29, 1.82) is 0 Å². The molecule has 0 saturated carbocycles. The maximum absolute atomic E-state index is 12.0. The molecule has 1 unspecified atom stereocenters. The number of carbonyl (C=O) groups excluding carboxylic acids is 1. The molecule has 5 heteroatoms. The number of amides is 1. The number of likely N-dealkylation sites (tertiary alicyclic amines) is 1. The van der Waals surface area contributed by atoms with Gasteiger partial charge in [-0.2, -0.15) is 0 Å². The number of nitrogens with zero attached hydrogens (tertiary/aromatic N) is 1. The number of aliphatic hydroxyl groups excluding tert-OH is 1. The van der Waals surface area contributed by atoms with Crippen molar-refractivity contribution in [2.75, 3.05) is 18.9 Å². The van der Waals surface area contributed by atoms with Crippen LogP contribution in [0.25, 0.3) is 0 Å². The van der Waals surface area contributed by atoms with Crippen LogP contribution >= 0.6 is 27.7 Å². The number of hydrogen-bond donors (Lipinski definition) is 1. The number of benzene rings is 1. The molecule has 0 aliphatic carbocycles. The van der Waals surface area contributed by atoms with E-state index in [0.717, 1.165) is 28.8 Å². The van der Waals surface area contributed by atoms with Crippen molar-refractivity contribution < 1.29 is 9.90 Å². The molecule has 1 atom stereocenters. The molecule has 1 aromatic carbocycles. The normalized spacial score (nSPS) is 19.2. The van der Waals surface area contributed by atoms with Crippen LogP contribution in [-0.4, -0.2) is 40.9 Å². The average molecular weight is 330 g/mol. The van der Waals surface area contributed by atoms with Crippen LogP contribution < -0.4 is 0 Å². The minimum absolute atomic E-state index is 0.0306. The molecule has 1 heterocycles. The van der Waals surface area contributed by atoms with Crippen LogP contribution in [0.3, 0.4) is 0 Å². The molecule has 1 N–H and O–H groups in total. The highest BCUT2D eigenvalue weighted by Gasteiger charge is 2.27. The first-order chi connectivity index (χ1) is 8.70. The Morgan fingerprint density at radius 2 is 2.17 bits per heavy atom. The van der Waals surface area contributed by atoms with Gasteiger partial charge in [0.2, 0.25) is 5.91 Å². The summed E-state index contributed by atoms with van der Waals surface area (Å²) in [5.74, 6) is 0.567. The van der Waals surface area contributed by atoms with Crippen LogP contribution in [0.2, 0.25) is 0 Å². The minimum Gasteiger partial charge on any atom is -0.394 e. The topological polar surface area (TPSA) is 40.5 Å². The Balaban J connectivity index is 1.86. The van der Waals surface area contributed by atoms with Gasteiger partial charge >= 0.3 is 0 Å². The Bertz CT molecular complexity index is 410. The number of thioether (sulfide) groups is 1. The van der Waals surface area contributed by atoms with Gasteiger partial charge in [-0.3, -0.25) is 4.79 Å². The summed E-state index contributed by atoms with van der Waals surface area (Å²) in [5, 5.41) is 9.20. The Morgan fingerprint density at radius 3 is 2.83 bits per heavy atom. The predicted molar refractivity (Wildman–Crippen MR) is 76.7 cm³/mol. The van der Waals surface area contributed by atoms with Gasteiger partial charge in [0.05, 0.1) is 18.4 Å². The van der Waals surface area contributed by atoms with Gasteiger partial charge < -0.3 is 10.0 Å². The van der Waals surface area contributed by atoms with Gasteiger partial charge in [0, 0.05) is 15.9 Å². The van der Waals surface area contributed by atoms with Crippen molar-refractivity contribution in [2.24, 2.45) is 0 Å². The quantitative estimate of drug-likeness (QED) is 0.863. The molecule has 0 radical (unpaired) electrons. The van der Waals surface area contributed by atoms with Gasteiger partial charge in [0.25, 0.3) is 0 Å². The van der Waals surface area contributed by atoms with Crippen molar-refractivity contribution in [2.45, 2.75) is 23.8 Å². The van der Waals surface area contributed by atoms with Crippen molar-refractivity contribution >= 4 is 33.6 Å². The van der Waals surface area contributed by atoms with E-state index in [1.54, 1.807) is 11.8 Å². The third-order valence-corrected chi connectivity index (χ3v) is 4.61. The van der Waals surface area contributed by atoms with Crippen molar-refractivity contribution in [3.8, 4) is 0 Å². The second-order valence-corrected chi connectivity index (χ2v) is 6.27. The maximum Gasteiger partial charge on any atom is 0.233 e. The average Bonchev–Trinajstić information content (AvgIpc) is 2.86. The summed E-state index contributed by atoms with van der Waals surface area (Å²) in [6, 6.07) is 7.96. The molecule has 3 nitrogen and oxygen atoms in total. The predicted octanol–water partition coefficient (Wildman–Crippen LogP) is 2.52. The SMILES string of the molecule is O=C(CSc1ccc(Br)cc1)N1CCCC1CO. The Labute approximate surface area is 120 Å². The summed E-state index contributed by atoms with van der Waals surface area (Å²) < 4.78 is 1.04. The Morgan fingerprint density at radius 1 is 1.44 bits per heavy atom. The van der Waals surface area contributed by atoms with E-state index < -0.39 is 0 Å². The molecule has 1 amide bonds. The molecule has 1 aliphatic rings. The molecule has 1 fully saturated rings. The van der Waals surface area contributed by atoms with E-state index in [4.69, 9.17) is 0 Å². The lowest BCUT2D eigenvalue weighted by molar-refractivity contribution is -0.129. The van der Waals surface area contributed by atoms with Crippen LogP contribution in [0.15, 0.2) is 33.6 Å². The van der Waals surface area contributed by atoms with Crippen molar-refractivity contribution in [1.82, 2.24) is 4.90 Å². The zero-order valence-corrected chi connectivity index (χ0v) is 12.4. The molecule has 1 saturated heterocycles. The van der Waals surface area contributed by atoms with E-state index in [-0.39, 0.29) is 18.6 Å². The summed E-state index contributed by atoms with van der Waals surface area (Å²) in [4.78, 5) is 14.9. The van der Waals surface area contributed by atoms with Gasteiger partial charge in [0.15, 0.2) is 0 Å². The highest BCUT2D eigenvalue weighted by atomic mass is 79.9. The maximum atomic E-state index is 12.0. The third kappa shape index (κ3) is 3.49. The number of carbonyl (C=O) groups is 1. The van der Waals surface area contributed by atoms with E-state index in [9.17, 15) is 9.90 Å². The molecular formula is C13H16BrNO2S. The largest absolute Gasteiger partial charge is 0.394 e. The first-order valence-electron chi connectivity index (χ1n) is 5.99. The smallest absolute Gasteiger partial charge is 0.233 e.